The highest BCUT2D eigenvalue weighted by molar-refractivity contribution is 5.86. The zero-order chi connectivity index (χ0) is 14.0. The van der Waals surface area contributed by atoms with E-state index in [4.69, 9.17) is 5.73 Å². The van der Waals surface area contributed by atoms with Gasteiger partial charge in [0, 0.05) is 31.4 Å². The standard InChI is InChI=1S/C15H23N3O/c1-15(2)9-10-17(3)14(19)13(11-16)18(15)12-7-5-4-6-8-12/h4-8,13H,9-11,16H2,1-3H3. The van der Waals surface area contributed by atoms with E-state index in [2.05, 4.69) is 18.7 Å². The largest absolute Gasteiger partial charge is 0.353 e. The van der Waals surface area contributed by atoms with Crippen molar-refractivity contribution in [2.24, 2.45) is 5.73 Å². The number of nitrogens with two attached hydrogens (primary N) is 1. The SMILES string of the molecule is CN1CCC(C)(C)N(c2ccccc2)C(CN)C1=O. The van der Waals surface area contributed by atoms with E-state index >= 15 is 0 Å². The summed E-state index contributed by atoms with van der Waals surface area (Å²) in [4.78, 5) is 16.4. The highest BCUT2D eigenvalue weighted by atomic mass is 16.2. The Morgan fingerprint density at radius 3 is 2.53 bits per heavy atom. The molecule has 1 saturated heterocycles. The van der Waals surface area contributed by atoms with Crippen molar-refractivity contribution in [3.63, 3.8) is 0 Å². The maximum absolute atomic E-state index is 12.5. The Morgan fingerprint density at radius 2 is 1.95 bits per heavy atom. The predicted octanol–water partition coefficient (Wildman–Crippen LogP) is 1.46. The van der Waals surface area contributed by atoms with Crippen LogP contribution in [0.1, 0.15) is 20.3 Å². The van der Waals surface area contributed by atoms with Gasteiger partial charge in [0.05, 0.1) is 0 Å². The zero-order valence-corrected chi connectivity index (χ0v) is 12.0. The molecule has 0 saturated carbocycles. The molecule has 1 heterocycles. The van der Waals surface area contributed by atoms with Gasteiger partial charge in [-0.3, -0.25) is 4.79 Å². The molecular formula is C15H23N3O. The molecule has 2 N–H and O–H groups in total. The lowest BCUT2D eigenvalue weighted by molar-refractivity contribution is -0.130. The van der Waals surface area contributed by atoms with Gasteiger partial charge in [-0.05, 0) is 32.4 Å². The summed E-state index contributed by atoms with van der Waals surface area (Å²) >= 11 is 0. The van der Waals surface area contributed by atoms with Gasteiger partial charge in [-0.1, -0.05) is 18.2 Å². The van der Waals surface area contributed by atoms with Crippen LogP contribution in [-0.4, -0.2) is 42.5 Å². The van der Waals surface area contributed by atoms with Gasteiger partial charge < -0.3 is 15.5 Å². The minimum Gasteiger partial charge on any atom is -0.353 e. The third kappa shape index (κ3) is 2.59. The summed E-state index contributed by atoms with van der Waals surface area (Å²) in [7, 11) is 1.86. The smallest absolute Gasteiger partial charge is 0.246 e. The van der Waals surface area contributed by atoms with Gasteiger partial charge in [-0.25, -0.2) is 0 Å². The molecule has 19 heavy (non-hydrogen) atoms. The summed E-state index contributed by atoms with van der Waals surface area (Å²) in [5.74, 6) is 0.108. The summed E-state index contributed by atoms with van der Waals surface area (Å²) in [5, 5.41) is 0. The van der Waals surface area contributed by atoms with Crippen molar-refractivity contribution in [1.82, 2.24) is 4.90 Å². The van der Waals surface area contributed by atoms with Gasteiger partial charge in [0.25, 0.3) is 0 Å². The lowest BCUT2D eigenvalue weighted by atomic mass is 9.95. The number of para-hydroxylation sites is 1. The number of rotatable bonds is 2. The van der Waals surface area contributed by atoms with Crippen molar-refractivity contribution < 1.29 is 4.79 Å². The highest BCUT2D eigenvalue weighted by Gasteiger charge is 2.40. The van der Waals surface area contributed by atoms with Gasteiger partial charge in [-0.15, -0.1) is 0 Å². The van der Waals surface area contributed by atoms with Gasteiger partial charge >= 0.3 is 0 Å². The Labute approximate surface area is 115 Å². The van der Waals surface area contributed by atoms with Crippen LogP contribution < -0.4 is 10.6 Å². The van der Waals surface area contributed by atoms with Gasteiger partial charge in [0.2, 0.25) is 5.91 Å². The van der Waals surface area contributed by atoms with Gasteiger partial charge in [0.1, 0.15) is 6.04 Å². The molecule has 2 rings (SSSR count). The number of hydrogen-bond acceptors (Lipinski definition) is 3. The quantitative estimate of drug-likeness (QED) is 0.877. The summed E-state index contributed by atoms with van der Waals surface area (Å²) < 4.78 is 0. The molecule has 1 fully saturated rings. The lowest BCUT2D eigenvalue weighted by Crippen LogP contribution is -2.56. The molecule has 104 valence electrons. The number of nitrogens with zero attached hydrogens (tertiary/aromatic N) is 2. The minimum absolute atomic E-state index is 0.0915. The summed E-state index contributed by atoms with van der Waals surface area (Å²) in [6.07, 6.45) is 0.931. The van der Waals surface area contributed by atoms with Crippen molar-refractivity contribution in [2.75, 3.05) is 25.0 Å². The third-order valence-electron chi connectivity index (χ3n) is 3.94. The van der Waals surface area contributed by atoms with E-state index in [9.17, 15) is 4.79 Å². The molecule has 0 aliphatic carbocycles. The molecule has 1 atom stereocenters. The fourth-order valence-corrected chi connectivity index (χ4v) is 2.78. The Morgan fingerprint density at radius 1 is 1.32 bits per heavy atom. The van der Waals surface area contributed by atoms with Crippen LogP contribution >= 0.6 is 0 Å². The number of carbonyl (C=O) groups excluding carboxylic acids is 1. The molecule has 0 bridgehead atoms. The van der Waals surface area contributed by atoms with Crippen LogP contribution in [0.4, 0.5) is 5.69 Å². The first-order valence-electron chi connectivity index (χ1n) is 6.77. The second-order valence-electron chi connectivity index (χ2n) is 5.78. The van der Waals surface area contributed by atoms with Crippen molar-refractivity contribution in [3.8, 4) is 0 Å². The van der Waals surface area contributed by atoms with Crippen molar-refractivity contribution >= 4 is 11.6 Å². The first kappa shape index (κ1) is 13.9. The maximum Gasteiger partial charge on any atom is 0.246 e. The Balaban J connectivity index is 2.47. The predicted molar refractivity (Wildman–Crippen MR) is 78.1 cm³/mol. The topological polar surface area (TPSA) is 49.6 Å². The molecular weight excluding hydrogens is 238 g/mol. The first-order chi connectivity index (χ1) is 8.97. The van der Waals surface area contributed by atoms with E-state index in [1.165, 1.54) is 0 Å². The normalized spacial score (nSPS) is 23.4. The Hall–Kier alpha value is -1.55. The molecule has 4 nitrogen and oxygen atoms in total. The molecule has 0 radical (unpaired) electrons. The van der Waals surface area contributed by atoms with Crippen LogP contribution in [0.3, 0.4) is 0 Å². The number of hydrogen-bond donors (Lipinski definition) is 1. The summed E-state index contributed by atoms with van der Waals surface area (Å²) in [6.45, 7) is 5.46. The molecule has 1 aromatic carbocycles. The van der Waals surface area contributed by atoms with Gasteiger partial charge in [-0.2, -0.15) is 0 Å². The second-order valence-corrected chi connectivity index (χ2v) is 5.78. The van der Waals surface area contributed by atoms with Crippen LogP contribution in [0.15, 0.2) is 30.3 Å². The fraction of sp³-hybridized carbons (Fsp3) is 0.533. The Bertz CT molecular complexity index is 444. The number of benzene rings is 1. The molecule has 1 unspecified atom stereocenters. The summed E-state index contributed by atoms with van der Waals surface area (Å²) in [5.41, 5.74) is 6.86. The number of carbonyl (C=O) groups is 1. The monoisotopic (exact) mass is 261 g/mol. The van der Waals surface area contributed by atoms with E-state index < -0.39 is 0 Å². The highest BCUT2D eigenvalue weighted by Crippen LogP contribution is 2.31. The second kappa shape index (κ2) is 5.21. The van der Waals surface area contributed by atoms with Crippen molar-refractivity contribution in [2.45, 2.75) is 31.8 Å². The average Bonchev–Trinajstić information content (AvgIpc) is 2.49. The Kier molecular flexibility index (Phi) is 3.80. The van der Waals surface area contributed by atoms with E-state index in [-0.39, 0.29) is 17.5 Å². The van der Waals surface area contributed by atoms with Crippen molar-refractivity contribution in [1.29, 1.82) is 0 Å². The van der Waals surface area contributed by atoms with Crippen LogP contribution in [0, 0.1) is 0 Å². The molecule has 1 aliphatic heterocycles. The number of likely N-dealkylation sites (N-methyl/N-ethyl adjacent to an activating group) is 1. The molecule has 0 aromatic heterocycles. The van der Waals surface area contributed by atoms with Gasteiger partial charge in [0.15, 0.2) is 0 Å². The maximum atomic E-state index is 12.5. The molecule has 1 aliphatic rings. The minimum atomic E-state index is -0.287. The number of amides is 1. The molecule has 1 aromatic rings. The van der Waals surface area contributed by atoms with E-state index in [1.807, 2.05) is 37.4 Å². The van der Waals surface area contributed by atoms with E-state index in [0.29, 0.717) is 6.54 Å². The summed E-state index contributed by atoms with van der Waals surface area (Å²) in [6, 6.07) is 9.78. The molecule has 1 amide bonds. The fourth-order valence-electron chi connectivity index (χ4n) is 2.78. The average molecular weight is 261 g/mol. The third-order valence-corrected chi connectivity index (χ3v) is 3.94. The van der Waals surface area contributed by atoms with Crippen molar-refractivity contribution in [3.05, 3.63) is 30.3 Å². The van der Waals surface area contributed by atoms with Crippen LogP contribution in [0.25, 0.3) is 0 Å². The lowest BCUT2D eigenvalue weighted by Gasteiger charge is -2.42. The van der Waals surface area contributed by atoms with E-state index in [1.54, 1.807) is 4.90 Å². The van der Waals surface area contributed by atoms with E-state index in [0.717, 1.165) is 18.7 Å². The molecule has 4 heteroatoms. The van der Waals surface area contributed by atoms with Crippen LogP contribution in [0.2, 0.25) is 0 Å². The molecule has 0 spiro atoms. The first-order valence-corrected chi connectivity index (χ1v) is 6.77. The number of anilines is 1. The zero-order valence-electron chi connectivity index (χ0n) is 12.0. The van der Waals surface area contributed by atoms with Crippen LogP contribution in [0.5, 0.6) is 0 Å². The van der Waals surface area contributed by atoms with Crippen LogP contribution in [-0.2, 0) is 4.79 Å².